The fourth-order valence-electron chi connectivity index (χ4n) is 2.76. The number of aryl methyl sites for hydroxylation is 1. The first-order chi connectivity index (χ1) is 12.2. The molecule has 2 heterocycles. The highest BCUT2D eigenvalue weighted by molar-refractivity contribution is 6.32. The predicted octanol–water partition coefficient (Wildman–Crippen LogP) is 4.91. The van der Waals surface area contributed by atoms with E-state index in [0.29, 0.717) is 32.9 Å². The predicted molar refractivity (Wildman–Crippen MR) is 91.1 cm³/mol. The van der Waals surface area contributed by atoms with E-state index >= 15 is 0 Å². The Bertz CT molecular complexity index is 964. The number of halogens is 4. The summed E-state index contributed by atoms with van der Waals surface area (Å²) < 4.78 is 49.2. The van der Waals surface area contributed by atoms with Gasteiger partial charge in [0, 0.05) is 23.0 Å². The Morgan fingerprint density at radius 2 is 1.96 bits per heavy atom. The van der Waals surface area contributed by atoms with Gasteiger partial charge < -0.3 is 8.83 Å². The van der Waals surface area contributed by atoms with Gasteiger partial charge >= 0.3 is 11.8 Å². The maximum Gasteiger partial charge on any atom is 0.401 e. The van der Waals surface area contributed by atoms with Crippen LogP contribution >= 0.6 is 11.6 Å². The lowest BCUT2D eigenvalue weighted by Gasteiger charge is -2.23. The zero-order valence-corrected chi connectivity index (χ0v) is 14.5. The quantitative estimate of drug-likeness (QED) is 0.585. The molecular formula is C18H15ClF3NO3. The number of benzene rings is 1. The van der Waals surface area contributed by atoms with Gasteiger partial charge in [-0.3, -0.25) is 4.90 Å². The van der Waals surface area contributed by atoms with Crippen LogP contribution in [-0.2, 0) is 13.1 Å². The van der Waals surface area contributed by atoms with Crippen molar-refractivity contribution in [3.8, 4) is 0 Å². The third kappa shape index (κ3) is 4.47. The van der Waals surface area contributed by atoms with Crippen molar-refractivity contribution in [2.45, 2.75) is 26.2 Å². The van der Waals surface area contributed by atoms with Gasteiger partial charge in [0.1, 0.15) is 11.3 Å². The summed E-state index contributed by atoms with van der Waals surface area (Å²) in [5, 5.41) is 0.952. The molecule has 0 N–H and O–H groups in total. The van der Waals surface area contributed by atoms with E-state index < -0.39 is 18.3 Å². The maximum atomic E-state index is 13.0. The van der Waals surface area contributed by atoms with Crippen LogP contribution in [0.2, 0.25) is 5.02 Å². The number of fused-ring (bicyclic) bond motifs is 1. The van der Waals surface area contributed by atoms with Gasteiger partial charge in [0.15, 0.2) is 0 Å². The second-order valence-electron chi connectivity index (χ2n) is 6.03. The van der Waals surface area contributed by atoms with Crippen molar-refractivity contribution < 1.29 is 22.0 Å². The van der Waals surface area contributed by atoms with Crippen molar-refractivity contribution in [3.05, 3.63) is 68.9 Å². The van der Waals surface area contributed by atoms with Gasteiger partial charge in [-0.15, -0.1) is 0 Å². The smallest absolute Gasteiger partial charge is 0.401 e. The molecule has 4 nitrogen and oxygen atoms in total. The molecule has 0 saturated carbocycles. The average Bonchev–Trinajstić information content (AvgIpc) is 3.00. The Hall–Kier alpha value is -2.25. The zero-order valence-electron chi connectivity index (χ0n) is 13.8. The number of hydrogen-bond donors (Lipinski definition) is 0. The van der Waals surface area contributed by atoms with Crippen molar-refractivity contribution in [2.75, 3.05) is 6.54 Å². The van der Waals surface area contributed by atoms with Crippen molar-refractivity contribution >= 4 is 22.6 Å². The van der Waals surface area contributed by atoms with E-state index in [1.54, 1.807) is 31.2 Å². The molecule has 0 aliphatic heterocycles. The van der Waals surface area contributed by atoms with Crippen molar-refractivity contribution in [1.29, 1.82) is 0 Å². The molecule has 0 spiro atoms. The summed E-state index contributed by atoms with van der Waals surface area (Å²) in [7, 11) is 0. The van der Waals surface area contributed by atoms with Crippen LogP contribution in [0.1, 0.15) is 16.9 Å². The lowest BCUT2D eigenvalue weighted by molar-refractivity contribution is -0.148. The molecule has 0 radical (unpaired) electrons. The number of alkyl halides is 3. The normalized spacial score (nSPS) is 12.2. The minimum Gasteiger partial charge on any atom is -0.468 e. The molecule has 0 amide bonds. The summed E-state index contributed by atoms with van der Waals surface area (Å²) in [5.41, 5.74) is 0.787. The molecule has 0 aliphatic rings. The van der Waals surface area contributed by atoms with Crippen LogP contribution in [0.15, 0.2) is 50.2 Å². The molecule has 0 bridgehead atoms. The molecular weight excluding hydrogens is 371 g/mol. The number of rotatable bonds is 5. The minimum absolute atomic E-state index is 0.0478. The lowest BCUT2D eigenvalue weighted by Crippen LogP contribution is -2.33. The first-order valence-corrected chi connectivity index (χ1v) is 8.13. The fourth-order valence-corrected chi connectivity index (χ4v) is 2.93. The average molecular weight is 386 g/mol. The zero-order chi connectivity index (χ0) is 18.9. The summed E-state index contributed by atoms with van der Waals surface area (Å²) in [6.07, 6.45) is -2.99. The summed E-state index contributed by atoms with van der Waals surface area (Å²) in [6.45, 7) is 0.450. The summed E-state index contributed by atoms with van der Waals surface area (Å²) in [6, 6.07) is 7.60. The summed E-state index contributed by atoms with van der Waals surface area (Å²) in [5.74, 6) is 0.399. The van der Waals surface area contributed by atoms with Crippen molar-refractivity contribution in [1.82, 2.24) is 4.90 Å². The minimum atomic E-state index is -4.39. The van der Waals surface area contributed by atoms with E-state index in [4.69, 9.17) is 20.4 Å². The third-order valence-electron chi connectivity index (χ3n) is 3.87. The van der Waals surface area contributed by atoms with Crippen LogP contribution in [-0.4, -0.2) is 17.6 Å². The van der Waals surface area contributed by atoms with E-state index in [9.17, 15) is 18.0 Å². The molecule has 3 rings (SSSR count). The standard InChI is InChI=1S/C18H15ClF3NO3/c1-11-5-16-14(7-15(11)19)12(6-17(24)26-16)8-23(10-18(20,21)22)9-13-3-2-4-25-13/h2-7H,8-10H2,1H3. The molecule has 1 aromatic carbocycles. The molecule has 26 heavy (non-hydrogen) atoms. The van der Waals surface area contributed by atoms with E-state index in [-0.39, 0.29) is 13.1 Å². The molecule has 3 aromatic rings. The first kappa shape index (κ1) is 18.5. The highest BCUT2D eigenvalue weighted by Crippen LogP contribution is 2.27. The van der Waals surface area contributed by atoms with Gasteiger partial charge in [0.05, 0.1) is 19.4 Å². The third-order valence-corrected chi connectivity index (χ3v) is 4.27. The second kappa shape index (κ2) is 7.17. The van der Waals surface area contributed by atoms with Crippen molar-refractivity contribution in [3.63, 3.8) is 0 Å². The molecule has 0 aliphatic carbocycles. The van der Waals surface area contributed by atoms with Crippen LogP contribution in [0, 0.1) is 6.92 Å². The SMILES string of the molecule is Cc1cc2oc(=O)cc(CN(Cc3ccco3)CC(F)(F)F)c2cc1Cl. The van der Waals surface area contributed by atoms with Gasteiger partial charge in [0.2, 0.25) is 0 Å². The Morgan fingerprint density at radius 1 is 1.19 bits per heavy atom. The van der Waals surface area contributed by atoms with E-state index in [1.807, 2.05) is 0 Å². The first-order valence-electron chi connectivity index (χ1n) is 7.75. The van der Waals surface area contributed by atoms with Crippen LogP contribution in [0.25, 0.3) is 11.0 Å². The molecule has 8 heteroatoms. The Morgan fingerprint density at radius 3 is 2.62 bits per heavy atom. The molecule has 0 saturated heterocycles. The van der Waals surface area contributed by atoms with Gasteiger partial charge in [-0.05, 0) is 42.3 Å². The van der Waals surface area contributed by atoms with Gasteiger partial charge in [-0.1, -0.05) is 11.6 Å². The van der Waals surface area contributed by atoms with Crippen LogP contribution in [0.5, 0.6) is 0 Å². The van der Waals surface area contributed by atoms with Gasteiger partial charge in [0.25, 0.3) is 0 Å². The Balaban J connectivity index is 1.99. The van der Waals surface area contributed by atoms with Crippen LogP contribution in [0.3, 0.4) is 0 Å². The Kier molecular flexibility index (Phi) is 5.11. The molecule has 138 valence electrons. The summed E-state index contributed by atoms with van der Waals surface area (Å²) in [4.78, 5) is 13.0. The number of nitrogens with zero attached hydrogens (tertiary/aromatic N) is 1. The number of furan rings is 1. The number of hydrogen-bond acceptors (Lipinski definition) is 4. The topological polar surface area (TPSA) is 46.6 Å². The van der Waals surface area contributed by atoms with E-state index in [0.717, 1.165) is 4.90 Å². The Labute approximate surface area is 151 Å². The monoisotopic (exact) mass is 385 g/mol. The largest absolute Gasteiger partial charge is 0.468 e. The second-order valence-corrected chi connectivity index (χ2v) is 6.44. The highest BCUT2D eigenvalue weighted by atomic mass is 35.5. The maximum absolute atomic E-state index is 13.0. The molecule has 0 atom stereocenters. The molecule has 2 aromatic heterocycles. The lowest BCUT2D eigenvalue weighted by atomic mass is 10.1. The van der Waals surface area contributed by atoms with Crippen LogP contribution < -0.4 is 5.63 Å². The fraction of sp³-hybridized carbons (Fsp3) is 0.278. The molecule has 0 unspecified atom stereocenters. The van der Waals surface area contributed by atoms with E-state index in [1.165, 1.54) is 12.3 Å². The van der Waals surface area contributed by atoms with Gasteiger partial charge in [-0.2, -0.15) is 13.2 Å². The van der Waals surface area contributed by atoms with E-state index in [2.05, 4.69) is 0 Å². The summed E-state index contributed by atoms with van der Waals surface area (Å²) >= 11 is 6.13. The van der Waals surface area contributed by atoms with Crippen molar-refractivity contribution in [2.24, 2.45) is 0 Å². The highest BCUT2D eigenvalue weighted by Gasteiger charge is 2.31. The molecule has 0 fully saturated rings. The van der Waals surface area contributed by atoms with Crippen LogP contribution in [0.4, 0.5) is 13.2 Å². The van der Waals surface area contributed by atoms with Gasteiger partial charge in [-0.25, -0.2) is 4.79 Å².